The number of carbonyl (C=O) groups excluding carboxylic acids is 1. The minimum absolute atomic E-state index is 0.0677. The maximum absolute atomic E-state index is 14.1. The molecule has 1 amide bonds. The summed E-state index contributed by atoms with van der Waals surface area (Å²) in [5, 5.41) is 3.40. The molecule has 0 aliphatic carbocycles. The van der Waals surface area contributed by atoms with Gasteiger partial charge in [0.1, 0.15) is 17.1 Å². The van der Waals surface area contributed by atoms with E-state index in [1.165, 1.54) is 12.1 Å². The van der Waals surface area contributed by atoms with Gasteiger partial charge in [0, 0.05) is 61.8 Å². The molecule has 43 heavy (non-hydrogen) atoms. The SMILES string of the molecule is Cc1ccc(Oc2cc(-c3ccoc3)nc3[nH]ccc23)cc1C(=O)Nc1ccc(CN2CCN(C)CC2)c(C(F)(F)F)c1. The lowest BCUT2D eigenvalue weighted by atomic mass is 10.0. The monoisotopic (exact) mass is 589 g/mol. The zero-order chi connectivity index (χ0) is 30.1. The van der Waals surface area contributed by atoms with Crippen LogP contribution in [0, 0.1) is 6.92 Å². The maximum Gasteiger partial charge on any atom is 0.416 e. The Bertz CT molecular complexity index is 1760. The number of aromatic amines is 1. The Morgan fingerprint density at radius 2 is 1.88 bits per heavy atom. The quantitative estimate of drug-likeness (QED) is 0.214. The highest BCUT2D eigenvalue weighted by Gasteiger charge is 2.34. The minimum Gasteiger partial charge on any atom is -0.472 e. The number of nitrogens with one attached hydrogen (secondary N) is 2. The lowest BCUT2D eigenvalue weighted by molar-refractivity contribution is -0.138. The van der Waals surface area contributed by atoms with E-state index in [2.05, 4.69) is 20.2 Å². The van der Waals surface area contributed by atoms with Crippen LogP contribution < -0.4 is 10.1 Å². The molecule has 6 rings (SSSR count). The number of likely N-dealkylation sites (N-methyl/N-ethyl adjacent to an activating group) is 1. The summed E-state index contributed by atoms with van der Waals surface area (Å²) in [5.41, 5.74) is 2.46. The van der Waals surface area contributed by atoms with Gasteiger partial charge < -0.3 is 24.4 Å². The number of piperazine rings is 1. The number of amides is 1. The summed E-state index contributed by atoms with van der Waals surface area (Å²) in [5.74, 6) is 0.369. The molecule has 1 saturated heterocycles. The molecule has 1 aliphatic rings. The van der Waals surface area contributed by atoms with Gasteiger partial charge in [-0.15, -0.1) is 0 Å². The van der Waals surface area contributed by atoms with E-state index in [0.717, 1.165) is 30.1 Å². The summed E-state index contributed by atoms with van der Waals surface area (Å²) in [6.45, 7) is 4.96. The summed E-state index contributed by atoms with van der Waals surface area (Å²) in [6, 6.07) is 14.4. The van der Waals surface area contributed by atoms with Crippen LogP contribution >= 0.6 is 0 Å². The number of H-pyrrole nitrogens is 1. The molecule has 0 radical (unpaired) electrons. The molecule has 222 valence electrons. The molecule has 0 atom stereocenters. The van der Waals surface area contributed by atoms with Crippen molar-refractivity contribution in [2.24, 2.45) is 0 Å². The van der Waals surface area contributed by atoms with Crippen LogP contribution in [0.2, 0.25) is 0 Å². The molecule has 0 spiro atoms. The average molecular weight is 590 g/mol. The number of rotatable bonds is 7. The number of nitrogens with zero attached hydrogens (tertiary/aromatic N) is 3. The molecule has 1 aliphatic heterocycles. The molecule has 0 unspecified atom stereocenters. The van der Waals surface area contributed by atoms with Crippen molar-refractivity contribution in [3.8, 4) is 22.8 Å². The first kappa shape index (κ1) is 28.5. The predicted octanol–water partition coefficient (Wildman–Crippen LogP) is 6.94. The van der Waals surface area contributed by atoms with E-state index < -0.39 is 17.6 Å². The smallest absolute Gasteiger partial charge is 0.416 e. The number of hydrogen-bond donors (Lipinski definition) is 2. The van der Waals surface area contributed by atoms with E-state index in [1.807, 2.05) is 18.0 Å². The Kier molecular flexibility index (Phi) is 7.68. The highest BCUT2D eigenvalue weighted by atomic mass is 19.4. The standard InChI is InChI=1S/C32H30F3N5O3/c1-20-3-6-24(43-29-17-28(22-8-14-42-19-22)38-30-25(29)7-9-36-30)16-26(20)31(41)37-23-5-4-21(27(15-23)32(33,34)35)18-40-12-10-39(2)11-13-40/h3-9,14-17,19H,10-13,18H2,1-2H3,(H,36,38)(H,37,41). The zero-order valence-corrected chi connectivity index (χ0v) is 23.7. The zero-order valence-electron chi connectivity index (χ0n) is 23.7. The molecule has 2 N–H and O–H groups in total. The average Bonchev–Trinajstić information content (AvgIpc) is 3.68. The van der Waals surface area contributed by atoms with Gasteiger partial charge in [-0.05, 0) is 61.5 Å². The number of fused-ring (bicyclic) bond motifs is 1. The van der Waals surface area contributed by atoms with Gasteiger partial charge in [-0.25, -0.2) is 4.98 Å². The van der Waals surface area contributed by atoms with E-state index >= 15 is 0 Å². The Balaban J connectivity index is 1.23. The Labute approximate surface area is 246 Å². The molecule has 5 aromatic rings. The number of carbonyl (C=O) groups is 1. The molecule has 0 saturated carbocycles. The van der Waals surface area contributed by atoms with Gasteiger partial charge in [-0.2, -0.15) is 13.2 Å². The van der Waals surface area contributed by atoms with Crippen molar-refractivity contribution in [1.29, 1.82) is 0 Å². The fraction of sp³-hybridized carbons (Fsp3) is 0.250. The molecule has 0 bridgehead atoms. The highest BCUT2D eigenvalue weighted by molar-refractivity contribution is 6.05. The summed E-state index contributed by atoms with van der Waals surface area (Å²) < 4.78 is 53.6. The summed E-state index contributed by atoms with van der Waals surface area (Å²) in [7, 11) is 2.00. The van der Waals surface area contributed by atoms with Gasteiger partial charge in [0.15, 0.2) is 0 Å². The van der Waals surface area contributed by atoms with Gasteiger partial charge in [0.05, 0.1) is 29.2 Å². The molecule has 1 fully saturated rings. The normalized spacial score (nSPS) is 14.7. The second kappa shape index (κ2) is 11.6. The molecule has 3 aromatic heterocycles. The van der Waals surface area contributed by atoms with E-state index in [9.17, 15) is 18.0 Å². The number of pyridine rings is 1. The third-order valence-electron chi connectivity index (χ3n) is 7.65. The van der Waals surface area contributed by atoms with E-state index in [4.69, 9.17) is 9.15 Å². The number of ether oxygens (including phenoxy) is 1. The van der Waals surface area contributed by atoms with Crippen molar-refractivity contribution < 1.29 is 27.1 Å². The summed E-state index contributed by atoms with van der Waals surface area (Å²) in [4.78, 5) is 25.2. The van der Waals surface area contributed by atoms with Crippen LogP contribution in [-0.4, -0.2) is 58.9 Å². The van der Waals surface area contributed by atoms with Gasteiger partial charge in [-0.3, -0.25) is 9.69 Å². The van der Waals surface area contributed by atoms with Gasteiger partial charge in [0.25, 0.3) is 5.91 Å². The third kappa shape index (κ3) is 6.27. The number of alkyl halides is 3. The number of aryl methyl sites for hydroxylation is 1. The number of anilines is 1. The number of aromatic nitrogens is 2. The first-order valence-electron chi connectivity index (χ1n) is 13.9. The number of hydrogen-bond acceptors (Lipinski definition) is 6. The molecular weight excluding hydrogens is 559 g/mol. The topological polar surface area (TPSA) is 86.6 Å². The fourth-order valence-corrected chi connectivity index (χ4v) is 5.19. The van der Waals surface area contributed by atoms with Crippen LogP contribution in [0.4, 0.5) is 18.9 Å². The Morgan fingerprint density at radius 3 is 2.63 bits per heavy atom. The summed E-state index contributed by atoms with van der Waals surface area (Å²) in [6.07, 6.45) is 0.331. The fourth-order valence-electron chi connectivity index (χ4n) is 5.19. The van der Waals surface area contributed by atoms with Crippen molar-refractivity contribution in [2.75, 3.05) is 38.5 Å². The minimum atomic E-state index is -4.56. The van der Waals surface area contributed by atoms with Crippen molar-refractivity contribution >= 4 is 22.6 Å². The van der Waals surface area contributed by atoms with Crippen molar-refractivity contribution in [3.05, 3.63) is 95.6 Å². The van der Waals surface area contributed by atoms with Crippen LogP contribution in [0.1, 0.15) is 27.0 Å². The van der Waals surface area contributed by atoms with Crippen LogP contribution in [-0.2, 0) is 12.7 Å². The van der Waals surface area contributed by atoms with Crippen molar-refractivity contribution in [1.82, 2.24) is 19.8 Å². The molecule has 11 heteroatoms. The largest absolute Gasteiger partial charge is 0.472 e. The second-order valence-electron chi connectivity index (χ2n) is 10.7. The lowest BCUT2D eigenvalue weighted by Crippen LogP contribution is -2.44. The van der Waals surface area contributed by atoms with Crippen molar-refractivity contribution in [3.63, 3.8) is 0 Å². The third-order valence-corrected chi connectivity index (χ3v) is 7.65. The van der Waals surface area contributed by atoms with Gasteiger partial charge >= 0.3 is 6.18 Å². The van der Waals surface area contributed by atoms with E-state index in [-0.39, 0.29) is 23.4 Å². The Morgan fingerprint density at radius 1 is 1.07 bits per heavy atom. The van der Waals surface area contributed by atoms with Gasteiger partial charge in [0.2, 0.25) is 0 Å². The predicted molar refractivity (Wildman–Crippen MR) is 157 cm³/mol. The maximum atomic E-state index is 14.1. The van der Waals surface area contributed by atoms with Crippen LogP contribution in [0.5, 0.6) is 11.5 Å². The lowest BCUT2D eigenvalue weighted by Gasteiger charge is -2.33. The highest BCUT2D eigenvalue weighted by Crippen LogP contribution is 2.36. The van der Waals surface area contributed by atoms with Crippen LogP contribution in [0.3, 0.4) is 0 Å². The molecule has 8 nitrogen and oxygen atoms in total. The van der Waals surface area contributed by atoms with Crippen LogP contribution in [0.25, 0.3) is 22.3 Å². The first-order chi connectivity index (χ1) is 20.6. The Hall–Kier alpha value is -4.61. The second-order valence-corrected chi connectivity index (χ2v) is 10.7. The van der Waals surface area contributed by atoms with E-state index in [1.54, 1.807) is 56.0 Å². The summed E-state index contributed by atoms with van der Waals surface area (Å²) >= 11 is 0. The van der Waals surface area contributed by atoms with Crippen LogP contribution in [0.15, 0.2) is 77.7 Å². The molecular formula is C32H30F3N5O3. The number of benzene rings is 2. The van der Waals surface area contributed by atoms with E-state index in [0.29, 0.717) is 41.5 Å². The van der Waals surface area contributed by atoms with Crippen molar-refractivity contribution in [2.45, 2.75) is 19.6 Å². The molecule has 2 aromatic carbocycles. The number of furan rings is 1. The number of halogens is 3. The molecule has 4 heterocycles. The first-order valence-corrected chi connectivity index (χ1v) is 13.9. The van der Waals surface area contributed by atoms with Gasteiger partial charge in [-0.1, -0.05) is 12.1 Å².